The lowest BCUT2D eigenvalue weighted by Crippen LogP contribution is -2.45. The van der Waals surface area contributed by atoms with Gasteiger partial charge in [0.2, 0.25) is 0 Å². The normalized spacial score (nSPS) is 19.5. The Morgan fingerprint density at radius 1 is 1.17 bits per heavy atom. The molecular weight excluding hydrogens is 474 g/mol. The van der Waals surface area contributed by atoms with Crippen LogP contribution < -0.4 is 16.0 Å². The van der Waals surface area contributed by atoms with Crippen molar-refractivity contribution in [3.8, 4) is 10.4 Å². The molecule has 8 nitrogen and oxygen atoms in total. The number of nitrogen functional groups attached to an aromatic ring is 1. The molecule has 2 aliphatic rings. The highest BCUT2D eigenvalue weighted by atomic mass is 32.1. The fourth-order valence-corrected chi connectivity index (χ4v) is 5.93. The second-order valence-electron chi connectivity index (χ2n) is 9.53. The van der Waals surface area contributed by atoms with Crippen LogP contribution in [0.15, 0.2) is 54.0 Å². The van der Waals surface area contributed by atoms with Crippen molar-refractivity contribution in [3.63, 3.8) is 0 Å². The Kier molecular flexibility index (Phi) is 6.82. The largest absolute Gasteiger partial charge is 0.450 e. The highest BCUT2D eigenvalue weighted by Gasteiger charge is 2.43. The van der Waals surface area contributed by atoms with E-state index in [2.05, 4.69) is 15.2 Å². The molecular formula is C27H31N5O3S. The number of benzene rings is 1. The minimum atomic E-state index is -0.250. The Morgan fingerprint density at radius 2 is 2.06 bits per heavy atom. The molecule has 1 spiro atoms. The highest BCUT2D eigenvalue weighted by molar-refractivity contribution is 7.13. The van der Waals surface area contributed by atoms with Gasteiger partial charge < -0.3 is 25.6 Å². The van der Waals surface area contributed by atoms with E-state index in [4.69, 9.17) is 10.5 Å². The second kappa shape index (κ2) is 10.2. The Labute approximate surface area is 215 Å². The van der Waals surface area contributed by atoms with Crippen LogP contribution in [0.1, 0.15) is 36.5 Å². The molecule has 188 valence electrons. The number of rotatable bonds is 5. The number of likely N-dealkylation sites (tertiary alicyclic amines) is 1. The van der Waals surface area contributed by atoms with Crippen LogP contribution in [-0.2, 0) is 4.74 Å². The van der Waals surface area contributed by atoms with Crippen LogP contribution in [-0.4, -0.2) is 54.7 Å². The smallest absolute Gasteiger partial charge is 0.409 e. The number of carbonyl (C=O) groups excluding carboxylic acids is 2. The van der Waals surface area contributed by atoms with Crippen LogP contribution >= 0.6 is 11.3 Å². The summed E-state index contributed by atoms with van der Waals surface area (Å²) in [6.45, 7) is 5.42. The number of thiophene rings is 1. The molecule has 36 heavy (non-hydrogen) atoms. The van der Waals surface area contributed by atoms with Gasteiger partial charge in [-0.1, -0.05) is 12.1 Å². The van der Waals surface area contributed by atoms with Gasteiger partial charge in [0.15, 0.2) is 0 Å². The van der Waals surface area contributed by atoms with Gasteiger partial charge in [-0.3, -0.25) is 4.79 Å². The summed E-state index contributed by atoms with van der Waals surface area (Å²) < 4.78 is 5.20. The maximum atomic E-state index is 12.9. The zero-order valence-electron chi connectivity index (χ0n) is 20.4. The molecule has 0 saturated carbocycles. The SMILES string of the molecule is CCOC(=O)N1CCC2(CCCN(c3ccc(C(=O)Nc4cc(-c5cccs5)ccc4N)cn3)C2)C1. The number of nitrogens with two attached hydrogens (primary N) is 1. The second-order valence-corrected chi connectivity index (χ2v) is 10.5. The molecule has 2 amide bonds. The summed E-state index contributed by atoms with van der Waals surface area (Å²) in [5.74, 6) is 0.597. The maximum absolute atomic E-state index is 12.9. The van der Waals surface area contributed by atoms with E-state index < -0.39 is 0 Å². The molecule has 1 aromatic carbocycles. The molecule has 9 heteroatoms. The molecule has 1 unspecified atom stereocenters. The van der Waals surface area contributed by atoms with Crippen molar-refractivity contribution in [1.29, 1.82) is 0 Å². The van der Waals surface area contributed by atoms with E-state index in [0.717, 1.165) is 61.7 Å². The number of piperidine rings is 1. The van der Waals surface area contributed by atoms with Gasteiger partial charge in [-0.2, -0.15) is 0 Å². The monoisotopic (exact) mass is 505 g/mol. The number of aromatic nitrogens is 1. The van der Waals surface area contributed by atoms with Crippen molar-refractivity contribution in [3.05, 3.63) is 59.6 Å². The first kappa shape index (κ1) is 24.1. The molecule has 3 N–H and O–H groups in total. The number of carbonyl (C=O) groups is 2. The lowest BCUT2D eigenvalue weighted by atomic mass is 9.79. The average Bonchev–Trinajstić information content (AvgIpc) is 3.57. The van der Waals surface area contributed by atoms with Crippen molar-refractivity contribution in [2.75, 3.05) is 48.7 Å². The summed E-state index contributed by atoms with van der Waals surface area (Å²) in [7, 11) is 0. The topological polar surface area (TPSA) is 101 Å². The van der Waals surface area contributed by atoms with Crippen LogP contribution in [0.2, 0.25) is 0 Å². The van der Waals surface area contributed by atoms with Gasteiger partial charge >= 0.3 is 6.09 Å². The van der Waals surface area contributed by atoms with Crippen LogP contribution in [0.5, 0.6) is 0 Å². The van der Waals surface area contributed by atoms with Gasteiger partial charge in [0.25, 0.3) is 5.91 Å². The fourth-order valence-electron chi connectivity index (χ4n) is 5.20. The molecule has 1 atom stereocenters. The number of amides is 2. The van der Waals surface area contributed by atoms with E-state index in [1.54, 1.807) is 23.6 Å². The van der Waals surface area contributed by atoms with Crippen LogP contribution in [0.25, 0.3) is 10.4 Å². The number of nitrogens with zero attached hydrogens (tertiary/aromatic N) is 3. The van der Waals surface area contributed by atoms with E-state index >= 15 is 0 Å². The van der Waals surface area contributed by atoms with Crippen molar-refractivity contribution >= 4 is 40.5 Å². The molecule has 5 rings (SSSR count). The van der Waals surface area contributed by atoms with E-state index in [0.29, 0.717) is 23.5 Å². The number of pyridine rings is 1. The molecule has 2 saturated heterocycles. The zero-order valence-corrected chi connectivity index (χ0v) is 21.2. The average molecular weight is 506 g/mol. The van der Waals surface area contributed by atoms with Crippen LogP contribution in [0.3, 0.4) is 0 Å². The quantitative estimate of drug-likeness (QED) is 0.468. The van der Waals surface area contributed by atoms with Gasteiger partial charge in [-0.25, -0.2) is 9.78 Å². The Morgan fingerprint density at radius 3 is 2.81 bits per heavy atom. The van der Waals surface area contributed by atoms with Crippen molar-refractivity contribution in [2.24, 2.45) is 5.41 Å². The summed E-state index contributed by atoms with van der Waals surface area (Å²) in [5, 5.41) is 4.95. The molecule has 0 aliphatic carbocycles. The van der Waals surface area contributed by atoms with Gasteiger partial charge in [0, 0.05) is 42.7 Å². The lowest BCUT2D eigenvalue weighted by molar-refractivity contribution is 0.102. The van der Waals surface area contributed by atoms with Crippen molar-refractivity contribution in [1.82, 2.24) is 9.88 Å². The van der Waals surface area contributed by atoms with E-state index in [1.807, 2.05) is 53.6 Å². The predicted molar refractivity (Wildman–Crippen MR) is 143 cm³/mol. The maximum Gasteiger partial charge on any atom is 0.409 e. The molecule has 4 heterocycles. The minimum absolute atomic E-state index is 0.0633. The number of nitrogens with one attached hydrogen (secondary N) is 1. The van der Waals surface area contributed by atoms with Crippen molar-refractivity contribution < 1.29 is 14.3 Å². The van der Waals surface area contributed by atoms with Crippen molar-refractivity contribution in [2.45, 2.75) is 26.2 Å². The summed E-state index contributed by atoms with van der Waals surface area (Å²) in [6.07, 6.45) is 4.49. The molecule has 3 aromatic rings. The highest BCUT2D eigenvalue weighted by Crippen LogP contribution is 2.40. The molecule has 0 bridgehead atoms. The molecule has 0 radical (unpaired) electrons. The standard InChI is InChI=1S/C27H31N5O3S/c1-2-35-26(34)32-13-11-27(18-32)10-4-12-31(17-27)24-9-7-20(16-29-24)25(33)30-22-15-19(6-8-21(22)28)23-5-3-14-36-23/h3,5-9,14-16H,2,4,10-13,17-18,28H2,1H3,(H,30,33). The molecule has 2 aromatic heterocycles. The van der Waals surface area contributed by atoms with E-state index in [9.17, 15) is 9.59 Å². The Hall–Kier alpha value is -3.59. The first-order valence-corrected chi connectivity index (χ1v) is 13.2. The zero-order chi connectivity index (χ0) is 25.1. The Bertz CT molecular complexity index is 1230. The van der Waals surface area contributed by atoms with E-state index in [1.165, 1.54) is 0 Å². The third-order valence-electron chi connectivity index (χ3n) is 7.07. The van der Waals surface area contributed by atoms with Gasteiger partial charge in [0.05, 0.1) is 23.5 Å². The fraction of sp³-hybridized carbons (Fsp3) is 0.370. The first-order valence-electron chi connectivity index (χ1n) is 12.3. The van der Waals surface area contributed by atoms with E-state index in [-0.39, 0.29) is 17.4 Å². The summed E-state index contributed by atoms with van der Waals surface area (Å²) in [4.78, 5) is 34.9. The minimum Gasteiger partial charge on any atom is -0.450 e. The van der Waals surface area contributed by atoms with Crippen LogP contribution in [0.4, 0.5) is 22.0 Å². The van der Waals surface area contributed by atoms with Crippen LogP contribution in [0, 0.1) is 5.41 Å². The summed E-state index contributed by atoms with van der Waals surface area (Å²) >= 11 is 1.64. The van der Waals surface area contributed by atoms with Gasteiger partial charge in [0.1, 0.15) is 5.82 Å². The Balaban J connectivity index is 1.24. The molecule has 2 fully saturated rings. The summed E-state index contributed by atoms with van der Waals surface area (Å²) in [5.41, 5.74) is 8.77. The van der Waals surface area contributed by atoms with Gasteiger partial charge in [-0.05, 0) is 67.5 Å². The summed E-state index contributed by atoms with van der Waals surface area (Å²) in [6, 6.07) is 13.4. The third-order valence-corrected chi connectivity index (χ3v) is 7.99. The first-order chi connectivity index (χ1) is 17.5. The predicted octanol–water partition coefficient (Wildman–Crippen LogP) is 5.09. The third kappa shape index (κ3) is 5.02. The number of ether oxygens (including phenoxy) is 1. The lowest BCUT2D eigenvalue weighted by Gasteiger charge is -2.40. The number of anilines is 3. The van der Waals surface area contributed by atoms with Gasteiger partial charge in [-0.15, -0.1) is 11.3 Å². The number of hydrogen-bond donors (Lipinski definition) is 2. The number of hydrogen-bond acceptors (Lipinski definition) is 7. The molecule has 2 aliphatic heterocycles.